The first-order valence-electron chi connectivity index (χ1n) is 7.31. The Morgan fingerprint density at radius 1 is 1.05 bits per heavy atom. The summed E-state index contributed by atoms with van der Waals surface area (Å²) in [5.41, 5.74) is 0. The summed E-state index contributed by atoms with van der Waals surface area (Å²) >= 11 is 0. The van der Waals surface area contributed by atoms with Crippen molar-refractivity contribution in [3.05, 3.63) is 0 Å². The number of hydrogen-bond acceptors (Lipinski definition) is 7. The summed E-state index contributed by atoms with van der Waals surface area (Å²) in [6.45, 7) is 6.34. The molecule has 112 valence electrons. The van der Waals surface area contributed by atoms with E-state index in [0.29, 0.717) is 25.0 Å². The molecule has 0 aromatic carbocycles. The minimum atomic E-state index is 0.609. The Balaban J connectivity index is 2.09. The lowest BCUT2D eigenvalue weighted by Gasteiger charge is -2.17. The first-order valence-corrected chi connectivity index (χ1v) is 7.31. The molecule has 1 aromatic rings. The lowest BCUT2D eigenvalue weighted by Crippen LogP contribution is -2.23. The molecule has 2 rings (SSSR count). The van der Waals surface area contributed by atoms with Crippen molar-refractivity contribution >= 4 is 17.8 Å². The molecule has 1 saturated heterocycles. The number of methoxy groups -OCH3 is 1. The Labute approximate surface area is 120 Å². The van der Waals surface area contributed by atoms with Crippen LogP contribution in [0.15, 0.2) is 0 Å². The van der Waals surface area contributed by atoms with E-state index in [-0.39, 0.29) is 0 Å². The summed E-state index contributed by atoms with van der Waals surface area (Å²) in [5, 5.41) is 6.40. The van der Waals surface area contributed by atoms with Crippen LogP contribution in [0, 0.1) is 0 Å². The standard InChI is InChI=1S/C13H24N6O/c1-3-6-14-11-16-12(15-7-10-20-2)18-13(17-11)19-8-4-5-9-19/h3-10H2,1-2H3,(H2,14,15,16,17,18). The Bertz CT molecular complexity index is 408. The molecule has 0 spiro atoms. The van der Waals surface area contributed by atoms with Crippen LogP contribution in [0.25, 0.3) is 0 Å². The largest absolute Gasteiger partial charge is 0.383 e. The third kappa shape index (κ3) is 4.19. The van der Waals surface area contributed by atoms with Gasteiger partial charge < -0.3 is 20.3 Å². The number of rotatable bonds is 8. The van der Waals surface area contributed by atoms with Gasteiger partial charge >= 0.3 is 0 Å². The summed E-state index contributed by atoms with van der Waals surface area (Å²) < 4.78 is 5.03. The van der Waals surface area contributed by atoms with Crippen LogP contribution in [0.4, 0.5) is 17.8 Å². The molecule has 0 aliphatic carbocycles. The van der Waals surface area contributed by atoms with E-state index in [1.165, 1.54) is 12.8 Å². The molecule has 7 nitrogen and oxygen atoms in total. The van der Waals surface area contributed by atoms with Gasteiger partial charge in [0.25, 0.3) is 0 Å². The fourth-order valence-corrected chi connectivity index (χ4v) is 2.08. The maximum Gasteiger partial charge on any atom is 0.231 e. The number of nitrogens with zero attached hydrogens (tertiary/aromatic N) is 4. The zero-order chi connectivity index (χ0) is 14.2. The molecule has 20 heavy (non-hydrogen) atoms. The van der Waals surface area contributed by atoms with Crippen LogP contribution in [-0.2, 0) is 4.74 Å². The normalized spacial score (nSPS) is 14.6. The number of hydrogen-bond donors (Lipinski definition) is 2. The van der Waals surface area contributed by atoms with Crippen LogP contribution in [-0.4, -0.2) is 54.8 Å². The molecule has 0 atom stereocenters. The maximum absolute atomic E-state index is 5.03. The van der Waals surface area contributed by atoms with E-state index >= 15 is 0 Å². The molecule has 0 saturated carbocycles. The average Bonchev–Trinajstić information content (AvgIpc) is 2.99. The molecule has 1 fully saturated rings. The molecule has 1 aliphatic heterocycles. The molecule has 0 amide bonds. The van der Waals surface area contributed by atoms with E-state index < -0.39 is 0 Å². The predicted octanol–water partition coefficient (Wildman–Crippen LogP) is 1.35. The Kier molecular flexibility index (Phi) is 5.79. The first kappa shape index (κ1) is 14.8. The first-order chi connectivity index (χ1) is 9.83. The molecule has 1 aromatic heterocycles. The fourth-order valence-electron chi connectivity index (χ4n) is 2.08. The highest BCUT2D eigenvalue weighted by atomic mass is 16.5. The fraction of sp³-hybridized carbons (Fsp3) is 0.769. The maximum atomic E-state index is 5.03. The molecular weight excluding hydrogens is 256 g/mol. The smallest absolute Gasteiger partial charge is 0.231 e. The van der Waals surface area contributed by atoms with Gasteiger partial charge in [-0.3, -0.25) is 0 Å². The number of ether oxygens (including phenoxy) is 1. The predicted molar refractivity (Wildman–Crippen MR) is 80.4 cm³/mol. The van der Waals surface area contributed by atoms with Crippen molar-refractivity contribution in [3.63, 3.8) is 0 Å². The molecule has 2 heterocycles. The average molecular weight is 280 g/mol. The van der Waals surface area contributed by atoms with Crippen LogP contribution < -0.4 is 15.5 Å². The van der Waals surface area contributed by atoms with Crippen molar-refractivity contribution in [1.29, 1.82) is 0 Å². The van der Waals surface area contributed by atoms with Gasteiger partial charge in [0.2, 0.25) is 17.8 Å². The van der Waals surface area contributed by atoms with E-state index in [4.69, 9.17) is 4.74 Å². The summed E-state index contributed by atoms with van der Waals surface area (Å²) in [6.07, 6.45) is 3.45. The quantitative estimate of drug-likeness (QED) is 0.696. The van der Waals surface area contributed by atoms with Gasteiger partial charge in [-0.15, -0.1) is 0 Å². The summed E-state index contributed by atoms with van der Waals surface area (Å²) in [6, 6.07) is 0. The monoisotopic (exact) mass is 280 g/mol. The van der Waals surface area contributed by atoms with Crippen LogP contribution in [0.1, 0.15) is 26.2 Å². The topological polar surface area (TPSA) is 75.2 Å². The summed E-state index contributed by atoms with van der Waals surface area (Å²) in [4.78, 5) is 15.6. The third-order valence-electron chi connectivity index (χ3n) is 3.13. The van der Waals surface area contributed by atoms with E-state index in [0.717, 1.165) is 32.0 Å². The Hall–Kier alpha value is -1.63. The molecule has 0 unspecified atom stereocenters. The molecule has 1 aliphatic rings. The number of nitrogens with one attached hydrogen (secondary N) is 2. The van der Waals surface area contributed by atoms with E-state index in [9.17, 15) is 0 Å². The molecule has 0 radical (unpaired) electrons. The SMILES string of the molecule is CCCNc1nc(NCCOC)nc(N2CCCC2)n1. The van der Waals surface area contributed by atoms with Crippen molar-refractivity contribution in [1.82, 2.24) is 15.0 Å². The van der Waals surface area contributed by atoms with Gasteiger partial charge in [0, 0.05) is 33.3 Å². The van der Waals surface area contributed by atoms with Crippen LogP contribution in [0.3, 0.4) is 0 Å². The summed E-state index contributed by atoms with van der Waals surface area (Å²) in [5.74, 6) is 2.01. The highest BCUT2D eigenvalue weighted by molar-refractivity contribution is 5.44. The van der Waals surface area contributed by atoms with Gasteiger partial charge in [0.1, 0.15) is 0 Å². The minimum absolute atomic E-state index is 0.609. The minimum Gasteiger partial charge on any atom is -0.383 e. The lowest BCUT2D eigenvalue weighted by molar-refractivity contribution is 0.210. The second-order valence-electron chi connectivity index (χ2n) is 4.82. The molecular formula is C13H24N6O. The number of aromatic nitrogens is 3. The molecule has 2 N–H and O–H groups in total. The Morgan fingerprint density at radius 3 is 2.30 bits per heavy atom. The second-order valence-corrected chi connectivity index (χ2v) is 4.82. The zero-order valence-electron chi connectivity index (χ0n) is 12.4. The van der Waals surface area contributed by atoms with Crippen molar-refractivity contribution in [2.24, 2.45) is 0 Å². The van der Waals surface area contributed by atoms with Crippen LogP contribution in [0.2, 0.25) is 0 Å². The van der Waals surface area contributed by atoms with Crippen molar-refractivity contribution < 1.29 is 4.74 Å². The highest BCUT2D eigenvalue weighted by Crippen LogP contribution is 2.18. The molecule has 0 bridgehead atoms. The highest BCUT2D eigenvalue weighted by Gasteiger charge is 2.17. The van der Waals surface area contributed by atoms with Crippen molar-refractivity contribution in [2.45, 2.75) is 26.2 Å². The van der Waals surface area contributed by atoms with E-state index in [2.05, 4.69) is 37.4 Å². The van der Waals surface area contributed by atoms with Crippen molar-refractivity contribution in [3.8, 4) is 0 Å². The Morgan fingerprint density at radius 2 is 1.70 bits per heavy atom. The molecule has 7 heteroatoms. The van der Waals surface area contributed by atoms with Gasteiger partial charge in [-0.2, -0.15) is 15.0 Å². The third-order valence-corrected chi connectivity index (χ3v) is 3.13. The van der Waals surface area contributed by atoms with Gasteiger partial charge in [-0.25, -0.2) is 0 Å². The van der Waals surface area contributed by atoms with Gasteiger partial charge in [-0.05, 0) is 19.3 Å². The number of anilines is 3. The second kappa shape index (κ2) is 7.84. The van der Waals surface area contributed by atoms with E-state index in [1.807, 2.05) is 0 Å². The van der Waals surface area contributed by atoms with Crippen LogP contribution >= 0.6 is 0 Å². The van der Waals surface area contributed by atoms with Crippen molar-refractivity contribution in [2.75, 3.05) is 55.4 Å². The van der Waals surface area contributed by atoms with E-state index in [1.54, 1.807) is 7.11 Å². The van der Waals surface area contributed by atoms with Gasteiger partial charge in [0.05, 0.1) is 6.61 Å². The lowest BCUT2D eigenvalue weighted by atomic mass is 10.4. The zero-order valence-corrected chi connectivity index (χ0v) is 12.4. The van der Waals surface area contributed by atoms with Gasteiger partial charge in [-0.1, -0.05) is 6.92 Å². The van der Waals surface area contributed by atoms with Crippen LogP contribution in [0.5, 0.6) is 0 Å². The van der Waals surface area contributed by atoms with Gasteiger partial charge in [0.15, 0.2) is 0 Å². The summed E-state index contributed by atoms with van der Waals surface area (Å²) in [7, 11) is 1.68.